The third kappa shape index (κ3) is 2.04. The second-order valence-corrected chi connectivity index (χ2v) is 7.40. The molecule has 0 aromatic heterocycles. The summed E-state index contributed by atoms with van der Waals surface area (Å²) in [6.07, 6.45) is 7.17. The molecule has 1 N–H and O–H groups in total. The van der Waals surface area contributed by atoms with Gasteiger partial charge in [0.1, 0.15) is 0 Å². The maximum atomic E-state index is 12.8. The molecule has 4 atom stereocenters. The fourth-order valence-electron chi connectivity index (χ4n) is 4.64. The third-order valence-corrected chi connectivity index (χ3v) is 5.89. The van der Waals surface area contributed by atoms with Crippen molar-refractivity contribution in [1.82, 2.24) is 4.90 Å². The second kappa shape index (κ2) is 4.74. The van der Waals surface area contributed by atoms with Crippen LogP contribution in [0.3, 0.4) is 0 Å². The van der Waals surface area contributed by atoms with E-state index in [4.69, 9.17) is 0 Å². The van der Waals surface area contributed by atoms with Gasteiger partial charge in [0.25, 0.3) is 0 Å². The van der Waals surface area contributed by atoms with Crippen LogP contribution in [-0.4, -0.2) is 34.5 Å². The van der Waals surface area contributed by atoms with Crippen molar-refractivity contribution >= 4 is 11.9 Å². The molecule has 3 fully saturated rings. The van der Waals surface area contributed by atoms with Crippen LogP contribution in [0.1, 0.15) is 52.4 Å². The highest BCUT2D eigenvalue weighted by Crippen LogP contribution is 2.59. The molecule has 1 heterocycles. The first-order valence-corrected chi connectivity index (χ1v) is 7.98. The molecule has 0 bridgehead atoms. The zero-order valence-corrected chi connectivity index (χ0v) is 12.5. The van der Waals surface area contributed by atoms with Crippen LogP contribution in [0.2, 0.25) is 0 Å². The molecule has 1 saturated heterocycles. The number of carbonyl (C=O) groups excluding carboxylic acids is 1. The number of amides is 1. The van der Waals surface area contributed by atoms with Crippen molar-refractivity contribution in [2.75, 3.05) is 6.54 Å². The molecule has 2 saturated carbocycles. The van der Waals surface area contributed by atoms with Gasteiger partial charge in [-0.05, 0) is 37.0 Å². The van der Waals surface area contributed by atoms with Crippen LogP contribution >= 0.6 is 0 Å². The predicted octanol–water partition coefficient (Wildman–Crippen LogP) is 2.52. The number of rotatable bonds is 2. The Kier molecular flexibility index (Phi) is 3.30. The molecular weight excluding hydrogens is 254 g/mol. The highest BCUT2D eigenvalue weighted by Gasteiger charge is 2.67. The zero-order valence-electron chi connectivity index (χ0n) is 12.5. The van der Waals surface area contributed by atoms with E-state index < -0.39 is 11.9 Å². The lowest BCUT2D eigenvalue weighted by atomic mass is 9.78. The number of carboxylic acid groups (broad SMARTS) is 1. The smallest absolute Gasteiger partial charge is 0.307 e. The number of carbonyl (C=O) groups is 2. The van der Waals surface area contributed by atoms with E-state index in [1.54, 1.807) is 0 Å². The summed E-state index contributed by atoms with van der Waals surface area (Å²) in [5.41, 5.74) is -0.371. The van der Waals surface area contributed by atoms with Crippen molar-refractivity contribution in [1.29, 1.82) is 0 Å². The van der Waals surface area contributed by atoms with Gasteiger partial charge in [0.05, 0.1) is 11.8 Å². The quantitative estimate of drug-likeness (QED) is 0.845. The van der Waals surface area contributed by atoms with E-state index in [9.17, 15) is 14.7 Å². The average molecular weight is 279 g/mol. The fraction of sp³-hybridized carbons (Fsp3) is 0.875. The third-order valence-electron chi connectivity index (χ3n) is 5.89. The minimum absolute atomic E-state index is 0.110. The Balaban J connectivity index is 1.75. The van der Waals surface area contributed by atoms with Crippen molar-refractivity contribution in [2.24, 2.45) is 23.2 Å². The fourth-order valence-corrected chi connectivity index (χ4v) is 4.64. The minimum Gasteiger partial charge on any atom is -0.481 e. The molecule has 0 unspecified atom stereocenters. The van der Waals surface area contributed by atoms with E-state index in [-0.39, 0.29) is 17.2 Å². The molecule has 0 aromatic rings. The lowest BCUT2D eigenvalue weighted by Crippen LogP contribution is -2.50. The van der Waals surface area contributed by atoms with Crippen LogP contribution in [0, 0.1) is 23.2 Å². The highest BCUT2D eigenvalue weighted by molar-refractivity contribution is 5.91. The van der Waals surface area contributed by atoms with E-state index in [2.05, 4.69) is 0 Å². The van der Waals surface area contributed by atoms with Gasteiger partial charge in [0.2, 0.25) is 5.91 Å². The van der Waals surface area contributed by atoms with Gasteiger partial charge in [-0.2, -0.15) is 0 Å². The van der Waals surface area contributed by atoms with Gasteiger partial charge in [-0.1, -0.05) is 26.7 Å². The maximum Gasteiger partial charge on any atom is 0.307 e. The van der Waals surface area contributed by atoms with Crippen molar-refractivity contribution in [2.45, 2.75) is 58.4 Å². The Hall–Kier alpha value is -1.06. The first-order chi connectivity index (χ1) is 9.44. The summed E-state index contributed by atoms with van der Waals surface area (Å²) in [5, 5.41) is 9.27. The van der Waals surface area contributed by atoms with Gasteiger partial charge in [-0.3, -0.25) is 9.59 Å². The van der Waals surface area contributed by atoms with Gasteiger partial charge in [0, 0.05) is 12.6 Å². The standard InChI is InChI=1S/C16H25NO3/c1-16(2)12(13(16)15(19)20)14(18)17-9-5-7-10-6-3-4-8-11(10)17/h10-13H,3-9H2,1-2H3,(H,19,20)/t10-,11-,12-,13+/m1/s1. The monoisotopic (exact) mass is 279 g/mol. The normalized spacial score (nSPS) is 39.0. The summed E-state index contributed by atoms with van der Waals surface area (Å²) in [7, 11) is 0. The molecule has 0 aromatic carbocycles. The summed E-state index contributed by atoms with van der Waals surface area (Å²) in [4.78, 5) is 26.1. The van der Waals surface area contributed by atoms with Crippen LogP contribution in [0.5, 0.6) is 0 Å². The summed E-state index contributed by atoms with van der Waals surface area (Å²) in [5.74, 6) is -0.837. The number of nitrogens with zero attached hydrogens (tertiary/aromatic N) is 1. The molecule has 112 valence electrons. The van der Waals surface area contributed by atoms with E-state index in [0.717, 1.165) is 19.4 Å². The van der Waals surface area contributed by atoms with Gasteiger partial charge >= 0.3 is 5.97 Å². The second-order valence-electron chi connectivity index (χ2n) is 7.40. The lowest BCUT2D eigenvalue weighted by molar-refractivity contribution is -0.144. The number of carboxylic acids is 1. The molecule has 1 aliphatic heterocycles. The number of hydrogen-bond acceptors (Lipinski definition) is 2. The molecule has 0 spiro atoms. The molecule has 0 radical (unpaired) electrons. The highest BCUT2D eigenvalue weighted by atomic mass is 16.4. The van der Waals surface area contributed by atoms with Crippen molar-refractivity contribution < 1.29 is 14.7 Å². The molecule has 20 heavy (non-hydrogen) atoms. The van der Waals surface area contributed by atoms with Crippen LogP contribution in [-0.2, 0) is 9.59 Å². The Morgan fingerprint density at radius 2 is 1.70 bits per heavy atom. The molecular formula is C16H25NO3. The molecule has 3 aliphatic rings. The van der Waals surface area contributed by atoms with Gasteiger partial charge in [-0.25, -0.2) is 0 Å². The largest absolute Gasteiger partial charge is 0.481 e. The first-order valence-electron chi connectivity index (χ1n) is 7.98. The number of hydrogen-bond donors (Lipinski definition) is 1. The molecule has 3 rings (SSSR count). The summed E-state index contributed by atoms with van der Waals surface area (Å²) < 4.78 is 0. The van der Waals surface area contributed by atoms with Crippen LogP contribution in [0.4, 0.5) is 0 Å². The van der Waals surface area contributed by atoms with E-state index >= 15 is 0 Å². The Morgan fingerprint density at radius 3 is 2.35 bits per heavy atom. The van der Waals surface area contributed by atoms with Gasteiger partial charge < -0.3 is 10.0 Å². The van der Waals surface area contributed by atoms with Crippen LogP contribution in [0.15, 0.2) is 0 Å². The SMILES string of the molecule is CC1(C)[C@H](C(=O)O)[C@@H]1C(=O)N1CCC[C@H]2CCCC[C@H]21. The van der Waals surface area contributed by atoms with Crippen molar-refractivity contribution in [3.05, 3.63) is 0 Å². The Morgan fingerprint density at radius 1 is 1.05 bits per heavy atom. The molecule has 4 heteroatoms. The van der Waals surface area contributed by atoms with Gasteiger partial charge in [0.15, 0.2) is 0 Å². The summed E-state index contributed by atoms with van der Waals surface area (Å²) in [6, 6.07) is 0.385. The number of aliphatic carboxylic acids is 1. The number of fused-ring (bicyclic) bond motifs is 1. The molecule has 1 amide bonds. The molecule has 4 nitrogen and oxygen atoms in total. The predicted molar refractivity (Wildman–Crippen MR) is 75.1 cm³/mol. The Bertz CT molecular complexity index is 429. The lowest BCUT2D eigenvalue weighted by Gasteiger charge is -2.44. The summed E-state index contributed by atoms with van der Waals surface area (Å²) >= 11 is 0. The van der Waals surface area contributed by atoms with E-state index in [1.165, 1.54) is 25.7 Å². The van der Waals surface area contributed by atoms with E-state index in [1.807, 2.05) is 18.7 Å². The topological polar surface area (TPSA) is 57.6 Å². The molecule has 2 aliphatic carbocycles. The number of piperidine rings is 1. The number of likely N-dealkylation sites (tertiary alicyclic amines) is 1. The first kappa shape index (κ1) is 13.9. The summed E-state index contributed by atoms with van der Waals surface area (Å²) in [6.45, 7) is 4.66. The zero-order chi connectivity index (χ0) is 14.5. The van der Waals surface area contributed by atoms with Crippen molar-refractivity contribution in [3.63, 3.8) is 0 Å². The minimum atomic E-state index is -0.814. The van der Waals surface area contributed by atoms with Crippen LogP contribution in [0.25, 0.3) is 0 Å². The Labute approximate surface area is 120 Å². The van der Waals surface area contributed by atoms with Crippen molar-refractivity contribution in [3.8, 4) is 0 Å². The maximum absolute atomic E-state index is 12.8. The van der Waals surface area contributed by atoms with Gasteiger partial charge in [-0.15, -0.1) is 0 Å². The van der Waals surface area contributed by atoms with E-state index in [0.29, 0.717) is 12.0 Å². The van der Waals surface area contributed by atoms with Crippen LogP contribution < -0.4 is 0 Å². The average Bonchev–Trinajstić information content (AvgIpc) is 3.00.